The van der Waals surface area contributed by atoms with E-state index in [1.807, 2.05) is 30.3 Å². The largest absolute Gasteiger partial charge is 0.445 e. The number of nitrogens with zero attached hydrogens (tertiary/aromatic N) is 1. The monoisotopic (exact) mass is 498 g/mol. The highest BCUT2D eigenvalue weighted by atomic mass is 79.9. The summed E-state index contributed by atoms with van der Waals surface area (Å²) < 4.78 is 32.3. The van der Waals surface area contributed by atoms with Gasteiger partial charge in [-0.3, -0.25) is 9.63 Å². The van der Waals surface area contributed by atoms with Gasteiger partial charge in [0.15, 0.2) is 5.78 Å². The SMILES string of the molecule is CON(C(CCNC(=O)OCc1ccccc1)C(C)=O)S(=O)(=O)c1ccc(Br)cc1. The molecule has 0 fully saturated rings. The number of rotatable bonds is 10. The van der Waals surface area contributed by atoms with Crippen molar-refractivity contribution in [2.75, 3.05) is 13.7 Å². The summed E-state index contributed by atoms with van der Waals surface area (Å²) in [7, 11) is -2.91. The molecule has 0 aromatic heterocycles. The average molecular weight is 499 g/mol. The lowest BCUT2D eigenvalue weighted by Gasteiger charge is -2.27. The van der Waals surface area contributed by atoms with Crippen molar-refractivity contribution in [3.8, 4) is 0 Å². The standard InChI is InChI=1S/C20H23BrN2O6S/c1-15(24)19(12-13-22-20(25)29-14-16-6-4-3-5-7-16)23(28-2)30(26,27)18-10-8-17(21)9-11-18/h3-11,19H,12-14H2,1-2H3,(H,22,25). The van der Waals surface area contributed by atoms with Gasteiger partial charge in [0, 0.05) is 11.0 Å². The van der Waals surface area contributed by atoms with Gasteiger partial charge in [-0.2, -0.15) is 0 Å². The second-order valence-electron chi connectivity index (χ2n) is 6.30. The quantitative estimate of drug-likeness (QED) is 0.504. The van der Waals surface area contributed by atoms with Gasteiger partial charge in [-0.1, -0.05) is 50.7 Å². The molecule has 0 bridgehead atoms. The van der Waals surface area contributed by atoms with E-state index in [0.717, 1.165) is 5.56 Å². The van der Waals surface area contributed by atoms with Gasteiger partial charge in [0.25, 0.3) is 10.0 Å². The number of benzene rings is 2. The fourth-order valence-corrected chi connectivity index (χ4v) is 4.38. The van der Waals surface area contributed by atoms with Crippen molar-refractivity contribution < 1.29 is 27.6 Å². The van der Waals surface area contributed by atoms with Gasteiger partial charge in [0.2, 0.25) is 0 Å². The van der Waals surface area contributed by atoms with Crippen LogP contribution in [-0.4, -0.2) is 44.5 Å². The number of nitrogens with one attached hydrogen (secondary N) is 1. The number of alkyl carbamates (subject to hydrolysis) is 1. The Morgan fingerprint density at radius 3 is 2.30 bits per heavy atom. The normalized spacial score (nSPS) is 12.4. The van der Waals surface area contributed by atoms with Crippen molar-refractivity contribution in [3.63, 3.8) is 0 Å². The summed E-state index contributed by atoms with van der Waals surface area (Å²) in [6.07, 6.45) is -0.653. The zero-order valence-electron chi connectivity index (χ0n) is 16.6. The Morgan fingerprint density at radius 1 is 1.10 bits per heavy atom. The molecule has 1 atom stereocenters. The first kappa shape index (κ1) is 24.0. The van der Waals surface area contributed by atoms with Gasteiger partial charge in [0.05, 0.1) is 12.0 Å². The Bertz CT molecular complexity index is 951. The number of ketones is 1. The van der Waals surface area contributed by atoms with E-state index in [0.29, 0.717) is 8.94 Å². The highest BCUT2D eigenvalue weighted by molar-refractivity contribution is 9.10. The van der Waals surface area contributed by atoms with E-state index in [1.54, 1.807) is 12.1 Å². The van der Waals surface area contributed by atoms with Crippen molar-refractivity contribution >= 4 is 37.8 Å². The van der Waals surface area contributed by atoms with Crippen molar-refractivity contribution in [2.24, 2.45) is 0 Å². The van der Waals surface area contributed by atoms with Gasteiger partial charge in [0.1, 0.15) is 12.6 Å². The molecule has 0 heterocycles. The second-order valence-corrected chi connectivity index (χ2v) is 9.00. The van der Waals surface area contributed by atoms with Gasteiger partial charge < -0.3 is 10.1 Å². The Hall–Kier alpha value is -2.27. The van der Waals surface area contributed by atoms with E-state index in [-0.39, 0.29) is 24.5 Å². The lowest BCUT2D eigenvalue weighted by molar-refractivity contribution is -0.136. The third kappa shape index (κ3) is 6.63. The predicted octanol–water partition coefficient (Wildman–Crippen LogP) is 3.28. The van der Waals surface area contributed by atoms with Crippen molar-refractivity contribution in [3.05, 3.63) is 64.6 Å². The third-order valence-electron chi connectivity index (χ3n) is 4.15. The van der Waals surface area contributed by atoms with Crippen LogP contribution in [0.25, 0.3) is 0 Å². The first-order valence-electron chi connectivity index (χ1n) is 9.05. The molecule has 2 aromatic carbocycles. The Kier molecular flexibility index (Phi) is 8.97. The molecule has 10 heteroatoms. The number of hydrogen-bond acceptors (Lipinski definition) is 6. The first-order valence-corrected chi connectivity index (χ1v) is 11.3. The topological polar surface area (TPSA) is 102 Å². The minimum absolute atomic E-state index is 0.0133. The van der Waals surface area contributed by atoms with E-state index in [9.17, 15) is 18.0 Å². The molecular formula is C20H23BrN2O6S. The van der Waals surface area contributed by atoms with Crippen LogP contribution in [0.2, 0.25) is 0 Å². The number of hydroxylamine groups is 1. The zero-order chi connectivity index (χ0) is 22.1. The van der Waals surface area contributed by atoms with Gasteiger partial charge in [-0.25, -0.2) is 13.2 Å². The van der Waals surface area contributed by atoms with Gasteiger partial charge in [-0.15, -0.1) is 0 Å². The number of ether oxygens (including phenoxy) is 1. The summed E-state index contributed by atoms with van der Waals surface area (Å²) in [5, 5.41) is 2.52. The molecule has 1 N–H and O–H groups in total. The summed E-state index contributed by atoms with van der Waals surface area (Å²) in [5.74, 6) is -0.419. The maximum Gasteiger partial charge on any atom is 0.407 e. The molecular weight excluding hydrogens is 476 g/mol. The molecule has 1 amide bonds. The minimum Gasteiger partial charge on any atom is -0.445 e. The maximum atomic E-state index is 12.9. The van der Waals surface area contributed by atoms with Crippen molar-refractivity contribution in [2.45, 2.75) is 30.9 Å². The summed E-state index contributed by atoms with van der Waals surface area (Å²) in [6.45, 7) is 1.39. The number of halogens is 1. The fourth-order valence-electron chi connectivity index (χ4n) is 2.65. The smallest absolute Gasteiger partial charge is 0.407 e. The molecule has 0 aliphatic rings. The molecule has 0 spiro atoms. The lowest BCUT2D eigenvalue weighted by Crippen LogP contribution is -2.45. The van der Waals surface area contributed by atoms with Crippen molar-refractivity contribution in [1.82, 2.24) is 9.79 Å². The van der Waals surface area contributed by atoms with E-state index in [2.05, 4.69) is 21.2 Å². The number of hydrogen-bond donors (Lipinski definition) is 1. The number of amides is 1. The molecule has 0 saturated carbocycles. The van der Waals surface area contributed by atoms with Crippen LogP contribution in [0.15, 0.2) is 64.0 Å². The summed E-state index contributed by atoms with van der Waals surface area (Å²) in [6, 6.07) is 14.0. The lowest BCUT2D eigenvalue weighted by atomic mass is 10.1. The van der Waals surface area contributed by atoms with Crippen LogP contribution >= 0.6 is 15.9 Å². The number of carbonyl (C=O) groups excluding carboxylic acids is 2. The number of Topliss-reactive ketones (excluding diaryl/α,β-unsaturated/α-hetero) is 1. The van der Waals surface area contributed by atoms with E-state index in [1.165, 1.54) is 26.2 Å². The Morgan fingerprint density at radius 2 is 1.73 bits per heavy atom. The number of carbonyl (C=O) groups is 2. The molecule has 2 rings (SSSR count). The molecule has 1 unspecified atom stereocenters. The minimum atomic E-state index is -4.08. The molecule has 30 heavy (non-hydrogen) atoms. The fraction of sp³-hybridized carbons (Fsp3) is 0.300. The van der Waals surface area contributed by atoms with Crippen LogP contribution in [-0.2, 0) is 31.0 Å². The molecule has 0 radical (unpaired) electrons. The van der Waals surface area contributed by atoms with Gasteiger partial charge >= 0.3 is 6.09 Å². The zero-order valence-corrected chi connectivity index (χ0v) is 19.0. The van der Waals surface area contributed by atoms with E-state index >= 15 is 0 Å². The highest BCUT2D eigenvalue weighted by Crippen LogP contribution is 2.22. The molecule has 2 aromatic rings. The molecule has 8 nitrogen and oxygen atoms in total. The summed E-state index contributed by atoms with van der Waals surface area (Å²) >= 11 is 3.25. The van der Waals surface area contributed by atoms with Crippen molar-refractivity contribution in [1.29, 1.82) is 0 Å². The highest BCUT2D eigenvalue weighted by Gasteiger charge is 2.34. The second kappa shape index (κ2) is 11.2. The summed E-state index contributed by atoms with van der Waals surface area (Å²) in [5.41, 5.74) is 0.834. The van der Waals surface area contributed by atoms with Crippen LogP contribution in [0, 0.1) is 0 Å². The van der Waals surface area contributed by atoms with Crippen LogP contribution in [0.3, 0.4) is 0 Å². The van der Waals surface area contributed by atoms with E-state index < -0.39 is 27.9 Å². The predicted molar refractivity (Wildman–Crippen MR) is 114 cm³/mol. The Labute approximate surface area is 184 Å². The van der Waals surface area contributed by atoms with Crippen LogP contribution in [0.5, 0.6) is 0 Å². The summed E-state index contributed by atoms with van der Waals surface area (Å²) in [4.78, 5) is 29.0. The van der Waals surface area contributed by atoms with Gasteiger partial charge in [-0.05, 0) is 43.2 Å². The molecule has 162 valence electrons. The first-order chi connectivity index (χ1) is 14.3. The molecule has 0 saturated heterocycles. The average Bonchev–Trinajstić information content (AvgIpc) is 2.72. The number of sulfonamides is 1. The molecule has 0 aliphatic heterocycles. The maximum absolute atomic E-state index is 12.9. The van der Waals surface area contributed by atoms with Crippen LogP contribution in [0.1, 0.15) is 18.9 Å². The van der Waals surface area contributed by atoms with E-state index in [4.69, 9.17) is 9.57 Å². The van der Waals surface area contributed by atoms with Crippen LogP contribution < -0.4 is 5.32 Å². The Balaban J connectivity index is 1.98. The van der Waals surface area contributed by atoms with Crippen LogP contribution in [0.4, 0.5) is 4.79 Å². The third-order valence-corrected chi connectivity index (χ3v) is 6.43. The molecule has 0 aliphatic carbocycles.